The maximum atomic E-state index is 5.51. The van der Waals surface area contributed by atoms with E-state index in [0.29, 0.717) is 0 Å². The maximum Gasteiger partial charge on any atom is 0.0738 e. The standard InChI is InChI=1S/C52H34N4/c1-5-15-34(16-6-1)49-40-32-48(56-33-39-24-14-13-23-38(39)31-47(40)56)52(37-21-11-4-12-22-37)46-30-29-45(55-46)51(36-19-9-3-10-20-36)44-28-27-43(54-44)50(35-17-7-2-8-18-35)42-26-25-41(49)53-42/h1-33,53H. The van der Waals surface area contributed by atoms with E-state index >= 15 is 0 Å². The van der Waals surface area contributed by atoms with E-state index in [4.69, 9.17) is 9.98 Å². The van der Waals surface area contributed by atoms with E-state index in [1.807, 2.05) is 0 Å². The summed E-state index contributed by atoms with van der Waals surface area (Å²) in [5, 5.41) is 4.38. The van der Waals surface area contributed by atoms with Crippen LogP contribution in [0.4, 0.5) is 0 Å². The molecule has 0 atom stereocenters. The van der Waals surface area contributed by atoms with Gasteiger partial charge in [0, 0.05) is 44.8 Å². The van der Waals surface area contributed by atoms with Crippen LogP contribution < -0.4 is 10.7 Å². The van der Waals surface area contributed by atoms with E-state index in [1.165, 1.54) is 10.8 Å². The minimum atomic E-state index is 0.878. The molecule has 0 fully saturated rings. The van der Waals surface area contributed by atoms with Crippen LogP contribution in [-0.4, -0.2) is 20.8 Å². The number of H-pyrrole nitrogens is 1. The first kappa shape index (κ1) is 31.9. The molecule has 0 aliphatic carbocycles. The van der Waals surface area contributed by atoms with Crippen LogP contribution in [-0.2, 0) is 0 Å². The molecule has 4 heteroatoms. The highest BCUT2D eigenvalue weighted by atomic mass is 14.9. The van der Waals surface area contributed by atoms with Gasteiger partial charge in [0.05, 0.1) is 34.0 Å². The van der Waals surface area contributed by atoms with Crippen LogP contribution in [0.15, 0.2) is 222 Å². The molecule has 3 aromatic heterocycles. The second-order valence-electron chi connectivity index (χ2n) is 14.3. The van der Waals surface area contributed by atoms with Crippen LogP contribution in [0, 0.1) is 0 Å². The Morgan fingerprint density at radius 2 is 0.857 bits per heavy atom. The lowest BCUT2D eigenvalue weighted by atomic mass is 9.96. The van der Waals surface area contributed by atoms with Crippen molar-refractivity contribution in [2.45, 2.75) is 0 Å². The minimum absolute atomic E-state index is 0.878. The topological polar surface area (TPSA) is 44.9 Å². The van der Waals surface area contributed by atoms with Crippen molar-refractivity contribution in [3.8, 4) is 0 Å². The molecule has 0 spiro atoms. The van der Waals surface area contributed by atoms with Crippen LogP contribution in [0.25, 0.3) is 38.6 Å². The molecule has 5 aromatic carbocycles. The second-order valence-corrected chi connectivity index (χ2v) is 14.3. The first-order valence-corrected chi connectivity index (χ1v) is 19.0. The Bertz CT molecular complexity index is 3190. The number of allylic oxidation sites excluding steroid dienone is 5. The number of rotatable bonds is 4. The molecule has 56 heavy (non-hydrogen) atoms. The Labute approximate surface area is 324 Å². The molecule has 3 aliphatic heterocycles. The third-order valence-corrected chi connectivity index (χ3v) is 10.9. The quantitative estimate of drug-likeness (QED) is 0.189. The second kappa shape index (κ2) is 13.1. The molecule has 0 amide bonds. The molecule has 6 heterocycles. The predicted molar refractivity (Wildman–Crippen MR) is 231 cm³/mol. The molecule has 11 rings (SSSR count). The largest absolute Gasteiger partial charge is 0.354 e. The summed E-state index contributed by atoms with van der Waals surface area (Å²) >= 11 is 0. The fraction of sp³-hybridized carbons (Fsp3) is 0. The molecule has 0 radical (unpaired) electrons. The molecular weight excluding hydrogens is 681 g/mol. The first-order chi connectivity index (χ1) is 27.8. The molecule has 262 valence electrons. The Hall–Kier alpha value is -7.56. The number of nitrogens with zero attached hydrogens (tertiary/aromatic N) is 3. The van der Waals surface area contributed by atoms with Gasteiger partial charge in [-0.3, -0.25) is 0 Å². The lowest BCUT2D eigenvalue weighted by molar-refractivity contribution is 1.17. The van der Waals surface area contributed by atoms with E-state index in [2.05, 4.69) is 210 Å². The molecule has 3 aliphatic rings. The third kappa shape index (κ3) is 5.31. The lowest BCUT2D eigenvalue weighted by Gasteiger charge is -2.12. The number of hydrogen-bond acceptors (Lipinski definition) is 2. The first-order valence-electron chi connectivity index (χ1n) is 19.0. The van der Waals surface area contributed by atoms with Crippen molar-refractivity contribution in [1.29, 1.82) is 0 Å². The van der Waals surface area contributed by atoms with E-state index in [1.54, 1.807) is 0 Å². The number of aliphatic imine (C=N–C) groups is 2. The van der Waals surface area contributed by atoms with Crippen LogP contribution >= 0.6 is 0 Å². The van der Waals surface area contributed by atoms with Crippen molar-refractivity contribution in [2.24, 2.45) is 9.98 Å². The number of hydrogen-bond donors (Lipinski definition) is 1. The molecule has 0 saturated carbocycles. The number of fused-ring (bicyclic) bond motifs is 10. The zero-order valence-electron chi connectivity index (χ0n) is 30.4. The highest BCUT2D eigenvalue weighted by Crippen LogP contribution is 2.39. The zero-order valence-corrected chi connectivity index (χ0v) is 30.4. The van der Waals surface area contributed by atoms with E-state index < -0.39 is 0 Å². The fourth-order valence-electron chi connectivity index (χ4n) is 8.40. The normalized spacial score (nSPS) is 15.0. The minimum Gasteiger partial charge on any atom is -0.354 e. The Morgan fingerprint density at radius 1 is 0.393 bits per heavy atom. The predicted octanol–water partition coefficient (Wildman–Crippen LogP) is 10.1. The summed E-state index contributed by atoms with van der Waals surface area (Å²) in [6, 6.07) is 60.2. The van der Waals surface area contributed by atoms with Gasteiger partial charge in [0.15, 0.2) is 0 Å². The third-order valence-electron chi connectivity index (χ3n) is 10.9. The monoisotopic (exact) mass is 714 g/mol. The Morgan fingerprint density at radius 3 is 1.46 bits per heavy atom. The van der Waals surface area contributed by atoms with E-state index in [0.717, 1.165) is 94.8 Å². The van der Waals surface area contributed by atoms with E-state index in [9.17, 15) is 0 Å². The molecular formula is C52H34N4. The van der Waals surface area contributed by atoms with Gasteiger partial charge in [-0.15, -0.1) is 0 Å². The van der Waals surface area contributed by atoms with Crippen molar-refractivity contribution >= 4 is 50.0 Å². The van der Waals surface area contributed by atoms with Crippen LogP contribution in [0.2, 0.25) is 0 Å². The molecule has 1 N–H and O–H groups in total. The van der Waals surface area contributed by atoms with Gasteiger partial charge in [0.2, 0.25) is 0 Å². The summed E-state index contributed by atoms with van der Waals surface area (Å²) in [5.74, 6) is 0. The van der Waals surface area contributed by atoms with Crippen LogP contribution in [0.5, 0.6) is 0 Å². The van der Waals surface area contributed by atoms with Gasteiger partial charge in [0.1, 0.15) is 0 Å². The van der Waals surface area contributed by atoms with E-state index in [-0.39, 0.29) is 0 Å². The number of aromatic nitrogens is 2. The van der Waals surface area contributed by atoms with Crippen LogP contribution in [0.3, 0.4) is 0 Å². The summed E-state index contributed by atoms with van der Waals surface area (Å²) in [5.41, 5.74) is 15.5. The van der Waals surface area contributed by atoms with Crippen molar-refractivity contribution in [2.75, 3.05) is 0 Å². The summed E-state index contributed by atoms with van der Waals surface area (Å²) in [7, 11) is 0. The van der Waals surface area contributed by atoms with Crippen molar-refractivity contribution < 1.29 is 0 Å². The van der Waals surface area contributed by atoms with Gasteiger partial charge in [-0.05, 0) is 81.6 Å². The average Bonchev–Trinajstić information content (AvgIpc) is 4.09. The summed E-state index contributed by atoms with van der Waals surface area (Å²) in [6.07, 6.45) is 10.9. The van der Waals surface area contributed by atoms with Crippen LogP contribution in [0.1, 0.15) is 33.5 Å². The lowest BCUT2D eigenvalue weighted by Crippen LogP contribution is -2.19. The van der Waals surface area contributed by atoms with Crippen molar-refractivity contribution in [1.82, 2.24) is 9.38 Å². The zero-order chi connectivity index (χ0) is 37.0. The van der Waals surface area contributed by atoms with Gasteiger partial charge in [-0.2, -0.15) is 0 Å². The van der Waals surface area contributed by atoms with Crippen molar-refractivity contribution in [3.63, 3.8) is 0 Å². The Balaban J connectivity index is 1.35. The highest BCUT2D eigenvalue weighted by Gasteiger charge is 2.26. The Kier molecular flexibility index (Phi) is 7.46. The van der Waals surface area contributed by atoms with Gasteiger partial charge in [-0.1, -0.05) is 146 Å². The molecule has 0 saturated heterocycles. The van der Waals surface area contributed by atoms with Gasteiger partial charge < -0.3 is 9.38 Å². The average molecular weight is 715 g/mol. The highest BCUT2D eigenvalue weighted by molar-refractivity contribution is 6.35. The summed E-state index contributed by atoms with van der Waals surface area (Å²) < 4.78 is 2.37. The number of nitrogens with one attached hydrogen (secondary N) is 1. The number of pyridine rings is 1. The fourth-order valence-corrected chi connectivity index (χ4v) is 8.40. The molecule has 8 bridgehead atoms. The molecule has 4 nitrogen and oxygen atoms in total. The SMILES string of the molecule is C1=CC2=C(c3ccccc3)c3cc(c4cc5ccccc5cn34)C(c3ccccc3)=c3ccc([nH]3)=C(c3ccccc3)C3=NC(=C(c4ccccc4)C1=N2)C=C3. The smallest absolute Gasteiger partial charge is 0.0738 e. The van der Waals surface area contributed by atoms with Crippen molar-refractivity contribution in [3.05, 3.63) is 256 Å². The maximum absolute atomic E-state index is 5.51. The van der Waals surface area contributed by atoms with Gasteiger partial charge in [-0.25, -0.2) is 9.98 Å². The van der Waals surface area contributed by atoms with Gasteiger partial charge >= 0.3 is 0 Å². The number of aromatic amines is 1. The molecule has 8 aromatic rings. The summed E-state index contributed by atoms with van der Waals surface area (Å²) in [4.78, 5) is 14.9. The summed E-state index contributed by atoms with van der Waals surface area (Å²) in [6.45, 7) is 0. The molecule has 0 unspecified atom stereocenters. The van der Waals surface area contributed by atoms with Gasteiger partial charge in [0.25, 0.3) is 0 Å². The number of benzene rings is 5.